The van der Waals surface area contributed by atoms with Crippen LogP contribution in [0.5, 0.6) is 0 Å². The first-order chi connectivity index (χ1) is 5.83. The molecule has 3 heteroatoms. The molecule has 0 radical (unpaired) electrons. The first-order valence-corrected chi connectivity index (χ1v) is 4.82. The zero-order chi connectivity index (χ0) is 8.81. The lowest BCUT2D eigenvalue weighted by Crippen LogP contribution is -2.30. The molecular formula is C9H19NO2. The van der Waals surface area contributed by atoms with E-state index >= 15 is 0 Å². The van der Waals surface area contributed by atoms with Gasteiger partial charge in [0.1, 0.15) is 0 Å². The van der Waals surface area contributed by atoms with E-state index in [0.717, 1.165) is 25.8 Å². The van der Waals surface area contributed by atoms with E-state index in [4.69, 9.17) is 5.11 Å². The maximum absolute atomic E-state index is 9.36. The Morgan fingerprint density at radius 2 is 2.17 bits per heavy atom. The monoisotopic (exact) mass is 173 g/mol. The van der Waals surface area contributed by atoms with Crippen molar-refractivity contribution in [3.63, 3.8) is 0 Å². The van der Waals surface area contributed by atoms with Gasteiger partial charge in [-0.25, -0.2) is 0 Å². The van der Waals surface area contributed by atoms with E-state index in [-0.39, 0.29) is 12.7 Å². The lowest BCUT2D eigenvalue weighted by Gasteiger charge is -2.25. The van der Waals surface area contributed by atoms with Gasteiger partial charge in [-0.05, 0) is 31.7 Å². The maximum Gasteiger partial charge on any atom is 0.0555 e. The summed E-state index contributed by atoms with van der Waals surface area (Å²) < 4.78 is 0. The second-order valence-electron chi connectivity index (χ2n) is 3.61. The summed E-state index contributed by atoms with van der Waals surface area (Å²) in [7, 11) is 0. The summed E-state index contributed by atoms with van der Waals surface area (Å²) in [6.45, 7) is 1.82. The van der Waals surface area contributed by atoms with Gasteiger partial charge in [-0.15, -0.1) is 0 Å². The highest BCUT2D eigenvalue weighted by atomic mass is 16.3. The second-order valence-corrected chi connectivity index (χ2v) is 3.61. The van der Waals surface area contributed by atoms with E-state index in [2.05, 4.69) is 5.32 Å². The van der Waals surface area contributed by atoms with Crippen molar-refractivity contribution in [2.75, 3.05) is 19.7 Å². The first-order valence-electron chi connectivity index (χ1n) is 4.82. The Labute approximate surface area is 73.8 Å². The molecule has 0 saturated heterocycles. The molecule has 12 heavy (non-hydrogen) atoms. The van der Waals surface area contributed by atoms with Crippen molar-refractivity contribution < 1.29 is 10.2 Å². The second kappa shape index (κ2) is 5.51. The number of hydrogen-bond donors (Lipinski definition) is 3. The predicted octanol–water partition coefficient (Wildman–Crippen LogP) is 0.119. The third kappa shape index (κ3) is 3.52. The average Bonchev–Trinajstić information content (AvgIpc) is 2.05. The molecule has 3 nitrogen and oxygen atoms in total. The lowest BCUT2D eigenvalue weighted by molar-refractivity contribution is 0.100. The summed E-state index contributed by atoms with van der Waals surface area (Å²) in [5.41, 5.74) is 0. The normalized spacial score (nSPS) is 30.5. The molecule has 72 valence electrons. The van der Waals surface area contributed by atoms with Crippen LogP contribution in [-0.4, -0.2) is 36.0 Å². The Hall–Kier alpha value is -0.120. The van der Waals surface area contributed by atoms with Crippen molar-refractivity contribution in [3.05, 3.63) is 0 Å². The smallest absolute Gasteiger partial charge is 0.0555 e. The Bertz CT molecular complexity index is 119. The Kier molecular flexibility index (Phi) is 4.58. The molecule has 2 atom stereocenters. The van der Waals surface area contributed by atoms with Crippen molar-refractivity contribution in [1.82, 2.24) is 5.32 Å². The van der Waals surface area contributed by atoms with Crippen LogP contribution in [-0.2, 0) is 0 Å². The van der Waals surface area contributed by atoms with Crippen LogP contribution in [0.25, 0.3) is 0 Å². The number of rotatable bonds is 4. The third-order valence-corrected chi connectivity index (χ3v) is 2.48. The molecule has 1 rings (SSSR count). The average molecular weight is 173 g/mol. The van der Waals surface area contributed by atoms with Gasteiger partial charge < -0.3 is 15.5 Å². The van der Waals surface area contributed by atoms with Crippen LogP contribution in [0.3, 0.4) is 0 Å². The van der Waals surface area contributed by atoms with E-state index < -0.39 is 0 Å². The van der Waals surface area contributed by atoms with Crippen molar-refractivity contribution in [1.29, 1.82) is 0 Å². The lowest BCUT2D eigenvalue weighted by atomic mass is 9.87. The molecule has 0 bridgehead atoms. The molecule has 0 aromatic carbocycles. The Morgan fingerprint density at radius 1 is 1.33 bits per heavy atom. The number of nitrogens with one attached hydrogen (secondary N) is 1. The molecule has 3 N–H and O–H groups in total. The molecule has 1 saturated carbocycles. The van der Waals surface area contributed by atoms with Crippen molar-refractivity contribution >= 4 is 0 Å². The minimum absolute atomic E-state index is 0.0836. The van der Waals surface area contributed by atoms with Gasteiger partial charge in [-0.3, -0.25) is 0 Å². The van der Waals surface area contributed by atoms with E-state index in [1.54, 1.807) is 0 Å². The van der Waals surface area contributed by atoms with E-state index in [0.29, 0.717) is 12.5 Å². The van der Waals surface area contributed by atoms with E-state index in [1.807, 2.05) is 0 Å². The van der Waals surface area contributed by atoms with Gasteiger partial charge in [-0.2, -0.15) is 0 Å². The quantitative estimate of drug-likeness (QED) is 0.529. The van der Waals surface area contributed by atoms with Crippen LogP contribution in [0.15, 0.2) is 0 Å². The van der Waals surface area contributed by atoms with Crippen LogP contribution in [0.2, 0.25) is 0 Å². The summed E-state index contributed by atoms with van der Waals surface area (Å²) in [6.07, 6.45) is 4.18. The van der Waals surface area contributed by atoms with Crippen molar-refractivity contribution in [3.8, 4) is 0 Å². The highest BCUT2D eigenvalue weighted by molar-refractivity contribution is 4.73. The zero-order valence-corrected chi connectivity index (χ0v) is 7.50. The predicted molar refractivity (Wildman–Crippen MR) is 47.9 cm³/mol. The van der Waals surface area contributed by atoms with Gasteiger partial charge in [0.2, 0.25) is 0 Å². The fourth-order valence-electron chi connectivity index (χ4n) is 1.83. The third-order valence-electron chi connectivity index (χ3n) is 2.48. The Morgan fingerprint density at radius 3 is 2.83 bits per heavy atom. The highest BCUT2D eigenvalue weighted by Crippen LogP contribution is 2.23. The van der Waals surface area contributed by atoms with Crippen LogP contribution in [0, 0.1) is 5.92 Å². The van der Waals surface area contributed by atoms with Crippen LogP contribution in [0.4, 0.5) is 0 Å². The van der Waals surface area contributed by atoms with Gasteiger partial charge >= 0.3 is 0 Å². The fraction of sp³-hybridized carbons (Fsp3) is 1.00. The molecule has 0 aromatic rings. The molecule has 1 aliphatic rings. The minimum atomic E-state index is -0.0836. The number of aliphatic hydroxyl groups is 2. The van der Waals surface area contributed by atoms with Gasteiger partial charge in [0.05, 0.1) is 12.7 Å². The molecule has 0 heterocycles. The van der Waals surface area contributed by atoms with E-state index in [1.165, 1.54) is 6.42 Å². The molecule has 2 unspecified atom stereocenters. The summed E-state index contributed by atoms with van der Waals surface area (Å²) in [5.74, 6) is 0.611. The minimum Gasteiger partial charge on any atom is -0.395 e. The SMILES string of the molecule is OCCNCC1CCCC(O)C1. The molecular weight excluding hydrogens is 154 g/mol. The fourth-order valence-corrected chi connectivity index (χ4v) is 1.83. The van der Waals surface area contributed by atoms with Gasteiger partial charge in [0.25, 0.3) is 0 Å². The van der Waals surface area contributed by atoms with Gasteiger partial charge in [-0.1, -0.05) is 6.42 Å². The largest absolute Gasteiger partial charge is 0.395 e. The summed E-state index contributed by atoms with van der Waals surface area (Å²) in [4.78, 5) is 0. The van der Waals surface area contributed by atoms with Gasteiger partial charge in [0, 0.05) is 6.54 Å². The summed E-state index contributed by atoms with van der Waals surface area (Å²) >= 11 is 0. The molecule has 1 fully saturated rings. The Balaban J connectivity index is 2.06. The summed E-state index contributed by atoms with van der Waals surface area (Å²) in [5, 5.41) is 21.1. The molecule has 1 aliphatic carbocycles. The van der Waals surface area contributed by atoms with Crippen LogP contribution < -0.4 is 5.32 Å². The molecule has 0 amide bonds. The van der Waals surface area contributed by atoms with Crippen molar-refractivity contribution in [2.24, 2.45) is 5.92 Å². The highest BCUT2D eigenvalue weighted by Gasteiger charge is 2.19. The standard InChI is InChI=1S/C9H19NO2/c11-5-4-10-7-8-2-1-3-9(12)6-8/h8-12H,1-7H2. The molecule has 0 aliphatic heterocycles. The van der Waals surface area contributed by atoms with Gasteiger partial charge in [0.15, 0.2) is 0 Å². The summed E-state index contributed by atoms with van der Waals surface area (Å²) in [6, 6.07) is 0. The molecule has 0 spiro atoms. The van der Waals surface area contributed by atoms with Crippen LogP contribution in [0.1, 0.15) is 25.7 Å². The van der Waals surface area contributed by atoms with E-state index in [9.17, 15) is 5.11 Å². The van der Waals surface area contributed by atoms with Crippen LogP contribution >= 0.6 is 0 Å². The zero-order valence-electron chi connectivity index (χ0n) is 7.50. The van der Waals surface area contributed by atoms with Crippen molar-refractivity contribution in [2.45, 2.75) is 31.8 Å². The molecule has 0 aromatic heterocycles. The first kappa shape index (κ1) is 9.96. The maximum atomic E-state index is 9.36. The topological polar surface area (TPSA) is 52.5 Å². The number of aliphatic hydroxyl groups excluding tert-OH is 2. The number of hydrogen-bond acceptors (Lipinski definition) is 3.